The van der Waals surface area contributed by atoms with Crippen molar-refractivity contribution < 1.29 is 19.1 Å². The minimum Gasteiger partial charge on any atom is -0.490 e. The van der Waals surface area contributed by atoms with Gasteiger partial charge < -0.3 is 14.8 Å². The van der Waals surface area contributed by atoms with Gasteiger partial charge in [-0.25, -0.2) is 5.43 Å². The molecule has 0 aliphatic carbocycles. The number of carbonyl (C=O) groups is 2. The van der Waals surface area contributed by atoms with Crippen LogP contribution in [0.1, 0.15) is 29.2 Å². The van der Waals surface area contributed by atoms with E-state index in [-0.39, 0.29) is 6.54 Å². The molecular formula is C26H27N3O4. The fraction of sp³-hybridized carbons (Fsp3) is 0.192. The molecule has 2 amide bonds. The van der Waals surface area contributed by atoms with Gasteiger partial charge >= 0.3 is 11.8 Å². The lowest BCUT2D eigenvalue weighted by Gasteiger charge is -2.13. The number of hydrogen-bond donors (Lipinski definition) is 2. The Morgan fingerprint density at radius 2 is 1.67 bits per heavy atom. The van der Waals surface area contributed by atoms with Crippen LogP contribution >= 0.6 is 0 Å². The molecule has 0 fully saturated rings. The van der Waals surface area contributed by atoms with Gasteiger partial charge in [0.05, 0.1) is 12.8 Å². The first-order valence-electron chi connectivity index (χ1n) is 10.7. The third-order valence-corrected chi connectivity index (χ3v) is 4.79. The van der Waals surface area contributed by atoms with Crippen LogP contribution in [0.5, 0.6) is 11.5 Å². The normalized spacial score (nSPS) is 10.6. The highest BCUT2D eigenvalue weighted by molar-refractivity contribution is 6.35. The van der Waals surface area contributed by atoms with E-state index in [1.54, 1.807) is 18.2 Å². The van der Waals surface area contributed by atoms with Crippen LogP contribution in [0.3, 0.4) is 0 Å². The van der Waals surface area contributed by atoms with E-state index in [0.29, 0.717) is 30.3 Å². The van der Waals surface area contributed by atoms with Crippen molar-refractivity contribution in [1.29, 1.82) is 0 Å². The van der Waals surface area contributed by atoms with Gasteiger partial charge in [0.2, 0.25) is 0 Å². The quantitative estimate of drug-likeness (QED) is 0.298. The smallest absolute Gasteiger partial charge is 0.329 e. The van der Waals surface area contributed by atoms with Crippen molar-refractivity contribution in [2.75, 3.05) is 6.61 Å². The molecule has 33 heavy (non-hydrogen) atoms. The number of nitrogens with one attached hydrogen (secondary N) is 2. The van der Waals surface area contributed by atoms with Gasteiger partial charge in [0.15, 0.2) is 11.5 Å². The fourth-order valence-corrected chi connectivity index (χ4v) is 2.99. The highest BCUT2D eigenvalue weighted by atomic mass is 16.5. The monoisotopic (exact) mass is 445 g/mol. The Hall–Kier alpha value is -4.13. The van der Waals surface area contributed by atoms with Crippen LogP contribution in [-0.4, -0.2) is 24.6 Å². The van der Waals surface area contributed by atoms with Crippen LogP contribution in [0.2, 0.25) is 0 Å². The van der Waals surface area contributed by atoms with Crippen molar-refractivity contribution in [3.63, 3.8) is 0 Å². The summed E-state index contributed by atoms with van der Waals surface area (Å²) >= 11 is 0. The highest BCUT2D eigenvalue weighted by Crippen LogP contribution is 2.29. The second-order valence-electron chi connectivity index (χ2n) is 7.22. The summed E-state index contributed by atoms with van der Waals surface area (Å²) in [5, 5.41) is 6.42. The average molecular weight is 446 g/mol. The predicted molar refractivity (Wildman–Crippen MR) is 127 cm³/mol. The number of carbonyl (C=O) groups excluding carboxylic acids is 2. The van der Waals surface area contributed by atoms with E-state index in [0.717, 1.165) is 16.7 Å². The molecule has 2 N–H and O–H groups in total. The molecule has 0 radical (unpaired) electrons. The molecule has 3 aromatic rings. The summed E-state index contributed by atoms with van der Waals surface area (Å²) in [5.74, 6) is -0.417. The van der Waals surface area contributed by atoms with Crippen LogP contribution in [0.25, 0.3) is 0 Å². The molecule has 0 saturated heterocycles. The molecule has 7 nitrogen and oxygen atoms in total. The number of hydrogen-bond acceptors (Lipinski definition) is 5. The molecule has 0 saturated carbocycles. The number of nitrogens with zero attached hydrogens (tertiary/aromatic N) is 1. The summed E-state index contributed by atoms with van der Waals surface area (Å²) in [6.07, 6.45) is 1.44. The molecule has 0 aromatic heterocycles. The van der Waals surface area contributed by atoms with Gasteiger partial charge in [-0.05, 0) is 54.3 Å². The third kappa shape index (κ3) is 7.21. The van der Waals surface area contributed by atoms with Gasteiger partial charge in [0.1, 0.15) is 6.61 Å². The molecule has 3 rings (SSSR count). The Kier molecular flexibility index (Phi) is 8.59. The lowest BCUT2D eigenvalue weighted by Crippen LogP contribution is -2.37. The molecule has 0 unspecified atom stereocenters. The van der Waals surface area contributed by atoms with Crippen molar-refractivity contribution in [2.24, 2.45) is 5.10 Å². The van der Waals surface area contributed by atoms with E-state index in [4.69, 9.17) is 9.47 Å². The van der Waals surface area contributed by atoms with E-state index in [2.05, 4.69) is 15.8 Å². The maximum absolute atomic E-state index is 11.9. The number of aryl methyl sites for hydroxylation is 1. The van der Waals surface area contributed by atoms with Crippen LogP contribution < -0.4 is 20.2 Å². The summed E-state index contributed by atoms with van der Waals surface area (Å²) in [6, 6.07) is 22.7. The minimum absolute atomic E-state index is 0.262. The lowest BCUT2D eigenvalue weighted by molar-refractivity contribution is -0.139. The number of amides is 2. The lowest BCUT2D eigenvalue weighted by atomic mass is 10.1. The summed E-state index contributed by atoms with van der Waals surface area (Å²) in [4.78, 5) is 23.9. The first kappa shape index (κ1) is 23.5. The molecule has 7 heteroatoms. The van der Waals surface area contributed by atoms with Gasteiger partial charge in [-0.15, -0.1) is 0 Å². The SMILES string of the molecule is CCOc1cc(/C=N/NC(=O)C(=O)NCc2ccccc2)ccc1OCc1ccccc1C. The molecule has 0 aliphatic heterocycles. The van der Waals surface area contributed by atoms with E-state index in [1.165, 1.54) is 6.21 Å². The largest absolute Gasteiger partial charge is 0.490 e. The maximum Gasteiger partial charge on any atom is 0.329 e. The zero-order valence-corrected chi connectivity index (χ0v) is 18.7. The zero-order valence-electron chi connectivity index (χ0n) is 18.7. The molecule has 3 aromatic carbocycles. The maximum atomic E-state index is 11.9. The number of benzene rings is 3. The van der Waals surface area contributed by atoms with Gasteiger partial charge in [-0.3, -0.25) is 9.59 Å². The Morgan fingerprint density at radius 1 is 0.909 bits per heavy atom. The average Bonchev–Trinajstić information content (AvgIpc) is 2.83. The van der Waals surface area contributed by atoms with E-state index < -0.39 is 11.8 Å². The van der Waals surface area contributed by atoms with Crippen LogP contribution in [-0.2, 0) is 22.7 Å². The molecule has 0 spiro atoms. The number of hydrazone groups is 1. The van der Waals surface area contributed by atoms with Crippen molar-refractivity contribution in [3.05, 3.63) is 95.1 Å². The van der Waals surface area contributed by atoms with Gasteiger partial charge in [0, 0.05) is 6.54 Å². The first-order valence-corrected chi connectivity index (χ1v) is 10.7. The van der Waals surface area contributed by atoms with Crippen molar-refractivity contribution in [2.45, 2.75) is 27.0 Å². The number of ether oxygens (including phenoxy) is 2. The molecule has 170 valence electrons. The second kappa shape index (κ2) is 12.0. The molecular weight excluding hydrogens is 418 g/mol. The molecule has 0 heterocycles. The number of rotatable bonds is 9. The predicted octanol–water partition coefficient (Wildman–Crippen LogP) is 3.74. The van der Waals surface area contributed by atoms with Crippen LogP contribution in [0.15, 0.2) is 77.9 Å². The standard InChI is InChI=1S/C26H27N3O4/c1-3-32-24-15-21(13-14-23(24)33-18-22-12-8-7-9-19(22)2)17-28-29-26(31)25(30)27-16-20-10-5-4-6-11-20/h4-15,17H,3,16,18H2,1-2H3,(H,27,30)(H,29,31)/b28-17+. The first-order chi connectivity index (χ1) is 16.1. The Balaban J connectivity index is 1.56. The van der Waals surface area contributed by atoms with E-state index in [9.17, 15) is 9.59 Å². The Morgan fingerprint density at radius 3 is 2.42 bits per heavy atom. The molecule has 0 atom stereocenters. The fourth-order valence-electron chi connectivity index (χ4n) is 2.99. The van der Waals surface area contributed by atoms with Gasteiger partial charge in [-0.1, -0.05) is 54.6 Å². The molecule has 0 bridgehead atoms. The Labute approximate surface area is 193 Å². The van der Waals surface area contributed by atoms with E-state index >= 15 is 0 Å². The van der Waals surface area contributed by atoms with Gasteiger partial charge in [0.25, 0.3) is 0 Å². The van der Waals surface area contributed by atoms with Gasteiger partial charge in [-0.2, -0.15) is 5.10 Å². The van der Waals surface area contributed by atoms with Crippen molar-refractivity contribution in [1.82, 2.24) is 10.7 Å². The topological polar surface area (TPSA) is 89.0 Å². The summed E-state index contributed by atoms with van der Waals surface area (Å²) in [6.45, 7) is 5.09. The minimum atomic E-state index is -0.842. The molecule has 0 aliphatic rings. The Bertz CT molecular complexity index is 1110. The van der Waals surface area contributed by atoms with Crippen molar-refractivity contribution in [3.8, 4) is 11.5 Å². The van der Waals surface area contributed by atoms with Crippen LogP contribution in [0, 0.1) is 6.92 Å². The second-order valence-corrected chi connectivity index (χ2v) is 7.22. The van der Waals surface area contributed by atoms with Crippen LogP contribution in [0.4, 0.5) is 0 Å². The van der Waals surface area contributed by atoms with E-state index in [1.807, 2.05) is 68.4 Å². The summed E-state index contributed by atoms with van der Waals surface area (Å²) in [5.41, 5.74) is 6.07. The summed E-state index contributed by atoms with van der Waals surface area (Å²) in [7, 11) is 0. The summed E-state index contributed by atoms with van der Waals surface area (Å²) < 4.78 is 11.7. The van der Waals surface area contributed by atoms with Crippen molar-refractivity contribution >= 4 is 18.0 Å². The highest BCUT2D eigenvalue weighted by Gasteiger charge is 2.12. The zero-order chi connectivity index (χ0) is 23.5. The third-order valence-electron chi connectivity index (χ3n) is 4.79.